The number of halogens is 1. The van der Waals surface area contributed by atoms with E-state index in [2.05, 4.69) is 36.7 Å². The number of hydrogen-bond acceptors (Lipinski definition) is 2. The van der Waals surface area contributed by atoms with E-state index in [0.29, 0.717) is 4.83 Å². The topological polar surface area (TPSA) is 43.1 Å². The van der Waals surface area contributed by atoms with Gasteiger partial charge in [-0.1, -0.05) is 48.8 Å². The van der Waals surface area contributed by atoms with Crippen molar-refractivity contribution < 1.29 is 4.92 Å². The number of nitrogens with zero attached hydrogens (tertiary/aromatic N) is 1. The molecule has 94 valence electrons. The van der Waals surface area contributed by atoms with Crippen molar-refractivity contribution in [1.82, 2.24) is 0 Å². The van der Waals surface area contributed by atoms with Gasteiger partial charge in [-0.05, 0) is 23.8 Å². The van der Waals surface area contributed by atoms with Crippen LogP contribution in [0.4, 0.5) is 5.69 Å². The Morgan fingerprint density at radius 1 is 1.41 bits per heavy atom. The van der Waals surface area contributed by atoms with Gasteiger partial charge >= 0.3 is 0 Å². The Labute approximate surface area is 111 Å². The zero-order valence-electron chi connectivity index (χ0n) is 10.4. The minimum absolute atomic E-state index is 0.171. The highest BCUT2D eigenvalue weighted by molar-refractivity contribution is 9.09. The van der Waals surface area contributed by atoms with Crippen molar-refractivity contribution in [1.29, 1.82) is 0 Å². The molecule has 1 aromatic rings. The van der Waals surface area contributed by atoms with E-state index in [1.807, 2.05) is 6.07 Å². The van der Waals surface area contributed by atoms with Gasteiger partial charge in [-0.15, -0.1) is 0 Å². The van der Waals surface area contributed by atoms with E-state index in [4.69, 9.17) is 0 Å². The molecule has 0 saturated carbocycles. The van der Waals surface area contributed by atoms with Gasteiger partial charge in [-0.25, -0.2) is 0 Å². The van der Waals surface area contributed by atoms with Gasteiger partial charge in [0.2, 0.25) is 0 Å². The van der Waals surface area contributed by atoms with Gasteiger partial charge in [-0.3, -0.25) is 10.1 Å². The minimum Gasteiger partial charge on any atom is -0.258 e. The van der Waals surface area contributed by atoms with Crippen LogP contribution in [0, 0.1) is 15.5 Å². The van der Waals surface area contributed by atoms with Gasteiger partial charge in [0.25, 0.3) is 5.69 Å². The Morgan fingerprint density at radius 3 is 2.59 bits per heavy atom. The Balaban J connectivity index is 2.64. The lowest BCUT2D eigenvalue weighted by atomic mass is 9.89. The van der Waals surface area contributed by atoms with Gasteiger partial charge in [0.1, 0.15) is 0 Å². The number of benzene rings is 1. The summed E-state index contributed by atoms with van der Waals surface area (Å²) in [5.74, 6) is 0. The average Bonchev–Trinajstić information content (AvgIpc) is 2.25. The van der Waals surface area contributed by atoms with Crippen LogP contribution in [0.3, 0.4) is 0 Å². The van der Waals surface area contributed by atoms with Crippen molar-refractivity contribution in [3.8, 4) is 0 Å². The van der Waals surface area contributed by atoms with Crippen LogP contribution in [-0.4, -0.2) is 9.75 Å². The van der Waals surface area contributed by atoms with Crippen LogP contribution in [0.15, 0.2) is 24.3 Å². The molecule has 0 amide bonds. The summed E-state index contributed by atoms with van der Waals surface area (Å²) in [6, 6.07) is 6.87. The lowest BCUT2D eigenvalue weighted by molar-refractivity contribution is -0.384. The van der Waals surface area contributed by atoms with Gasteiger partial charge in [-0.2, -0.15) is 0 Å². The zero-order chi connectivity index (χ0) is 13.1. The van der Waals surface area contributed by atoms with Gasteiger partial charge < -0.3 is 0 Å². The number of aryl methyl sites for hydroxylation is 1. The summed E-state index contributed by atoms with van der Waals surface area (Å²) in [6.45, 7) is 6.54. The third-order valence-corrected chi connectivity index (χ3v) is 4.58. The van der Waals surface area contributed by atoms with Gasteiger partial charge in [0.05, 0.1) is 4.92 Å². The van der Waals surface area contributed by atoms with Crippen LogP contribution in [-0.2, 0) is 6.42 Å². The highest BCUT2D eigenvalue weighted by Crippen LogP contribution is 2.29. The molecule has 0 aromatic heterocycles. The fourth-order valence-electron chi connectivity index (χ4n) is 1.55. The molecule has 1 rings (SSSR count). The van der Waals surface area contributed by atoms with Crippen molar-refractivity contribution in [2.24, 2.45) is 5.41 Å². The first-order valence-corrected chi connectivity index (χ1v) is 6.59. The number of non-ortho nitro benzene ring substituents is 1. The van der Waals surface area contributed by atoms with E-state index in [1.54, 1.807) is 12.1 Å². The standard InChI is InChI=1S/C13H18BrNO2/c1-13(2,3)12(14)8-7-10-5-4-6-11(9-10)15(16)17/h4-6,9,12H,7-8H2,1-3H3. The molecule has 0 fully saturated rings. The predicted octanol–water partition coefficient (Wildman–Crippen LogP) is 4.34. The molecule has 0 aliphatic heterocycles. The second kappa shape index (κ2) is 5.63. The predicted molar refractivity (Wildman–Crippen MR) is 73.6 cm³/mol. The molecule has 3 nitrogen and oxygen atoms in total. The molecular weight excluding hydrogens is 282 g/mol. The Bertz CT molecular complexity index is 399. The maximum absolute atomic E-state index is 10.6. The van der Waals surface area contributed by atoms with E-state index < -0.39 is 0 Å². The summed E-state index contributed by atoms with van der Waals surface area (Å²) < 4.78 is 0. The van der Waals surface area contributed by atoms with E-state index in [1.165, 1.54) is 6.07 Å². The molecule has 1 unspecified atom stereocenters. The van der Waals surface area contributed by atoms with Gasteiger partial charge in [0, 0.05) is 17.0 Å². The van der Waals surface area contributed by atoms with Crippen molar-refractivity contribution in [3.63, 3.8) is 0 Å². The molecule has 4 heteroatoms. The summed E-state index contributed by atoms with van der Waals surface area (Å²) in [4.78, 5) is 10.7. The Kier molecular flexibility index (Phi) is 4.69. The van der Waals surface area contributed by atoms with Crippen molar-refractivity contribution in [2.45, 2.75) is 38.4 Å². The minimum atomic E-state index is -0.348. The largest absolute Gasteiger partial charge is 0.269 e. The SMILES string of the molecule is CC(C)(C)C(Br)CCc1cccc([N+](=O)[O-])c1. The molecule has 17 heavy (non-hydrogen) atoms. The van der Waals surface area contributed by atoms with Crippen LogP contribution in [0.2, 0.25) is 0 Å². The molecule has 0 spiro atoms. The van der Waals surface area contributed by atoms with Crippen molar-refractivity contribution >= 4 is 21.6 Å². The molecule has 0 bridgehead atoms. The molecule has 0 saturated heterocycles. The highest BCUT2D eigenvalue weighted by atomic mass is 79.9. The zero-order valence-corrected chi connectivity index (χ0v) is 12.0. The Hall–Kier alpha value is -0.900. The normalized spacial score (nSPS) is 13.4. The molecular formula is C13H18BrNO2. The summed E-state index contributed by atoms with van der Waals surface area (Å²) in [5.41, 5.74) is 1.40. The number of alkyl halides is 1. The molecule has 1 aromatic carbocycles. The van der Waals surface area contributed by atoms with E-state index in [-0.39, 0.29) is 16.0 Å². The third-order valence-electron chi connectivity index (χ3n) is 2.75. The number of nitro benzene ring substituents is 1. The molecule has 1 atom stereocenters. The van der Waals surface area contributed by atoms with E-state index in [9.17, 15) is 10.1 Å². The average molecular weight is 300 g/mol. The number of rotatable bonds is 4. The van der Waals surface area contributed by atoms with Crippen LogP contribution in [0.1, 0.15) is 32.8 Å². The smallest absolute Gasteiger partial charge is 0.258 e. The van der Waals surface area contributed by atoms with Crippen LogP contribution in [0.5, 0.6) is 0 Å². The molecule has 0 radical (unpaired) electrons. The van der Waals surface area contributed by atoms with Crippen LogP contribution >= 0.6 is 15.9 Å². The molecule has 0 N–H and O–H groups in total. The quantitative estimate of drug-likeness (QED) is 0.471. The van der Waals surface area contributed by atoms with Crippen LogP contribution in [0.25, 0.3) is 0 Å². The summed E-state index contributed by atoms with van der Waals surface area (Å²) in [6.07, 6.45) is 1.83. The second-order valence-corrected chi connectivity index (χ2v) is 6.40. The lowest BCUT2D eigenvalue weighted by Crippen LogP contribution is -2.20. The molecule has 0 aliphatic rings. The fourth-order valence-corrected chi connectivity index (χ4v) is 1.78. The van der Waals surface area contributed by atoms with Crippen LogP contribution < -0.4 is 0 Å². The monoisotopic (exact) mass is 299 g/mol. The fraction of sp³-hybridized carbons (Fsp3) is 0.538. The number of nitro groups is 1. The second-order valence-electron chi connectivity index (χ2n) is 5.30. The highest BCUT2D eigenvalue weighted by Gasteiger charge is 2.21. The van der Waals surface area contributed by atoms with Gasteiger partial charge in [0.15, 0.2) is 0 Å². The lowest BCUT2D eigenvalue weighted by Gasteiger charge is -2.25. The summed E-state index contributed by atoms with van der Waals surface area (Å²) in [5, 5.41) is 10.6. The van der Waals surface area contributed by atoms with Crippen molar-refractivity contribution in [3.05, 3.63) is 39.9 Å². The Morgan fingerprint density at radius 2 is 2.06 bits per heavy atom. The third kappa shape index (κ3) is 4.46. The first-order chi connectivity index (χ1) is 7.80. The summed E-state index contributed by atoms with van der Waals surface area (Å²) in [7, 11) is 0. The molecule has 0 heterocycles. The maximum atomic E-state index is 10.6. The first kappa shape index (κ1) is 14.2. The van der Waals surface area contributed by atoms with Crippen molar-refractivity contribution in [2.75, 3.05) is 0 Å². The maximum Gasteiger partial charge on any atom is 0.269 e. The first-order valence-electron chi connectivity index (χ1n) is 5.68. The van der Waals surface area contributed by atoms with E-state index >= 15 is 0 Å². The molecule has 0 aliphatic carbocycles. The van der Waals surface area contributed by atoms with E-state index in [0.717, 1.165) is 18.4 Å². The number of hydrogen-bond donors (Lipinski definition) is 0. The summed E-state index contributed by atoms with van der Waals surface area (Å²) >= 11 is 3.67.